The highest BCUT2D eigenvalue weighted by Gasteiger charge is 2.20. The first kappa shape index (κ1) is 22.9. The van der Waals surface area contributed by atoms with Crippen molar-refractivity contribution in [3.8, 4) is 5.75 Å². The molecule has 1 aliphatic heterocycles. The molecule has 0 unspecified atom stereocenters. The van der Waals surface area contributed by atoms with E-state index in [2.05, 4.69) is 24.1 Å². The van der Waals surface area contributed by atoms with Crippen molar-refractivity contribution in [1.82, 2.24) is 4.90 Å². The van der Waals surface area contributed by atoms with Crippen LogP contribution in [-0.4, -0.2) is 49.5 Å². The molecular formula is C24H30ClN3O3. The van der Waals surface area contributed by atoms with Gasteiger partial charge in [0.1, 0.15) is 5.75 Å². The summed E-state index contributed by atoms with van der Waals surface area (Å²) >= 11 is 6.47. The summed E-state index contributed by atoms with van der Waals surface area (Å²) in [5, 5.41) is 3.39. The van der Waals surface area contributed by atoms with Crippen LogP contribution in [0.15, 0.2) is 42.5 Å². The Bertz CT molecular complexity index is 909. The van der Waals surface area contributed by atoms with Crippen LogP contribution in [0.5, 0.6) is 5.75 Å². The number of nitrogens with one attached hydrogen (secondary N) is 1. The summed E-state index contributed by atoms with van der Waals surface area (Å²) in [6.07, 6.45) is 1.08. The van der Waals surface area contributed by atoms with Crippen molar-refractivity contribution in [3.05, 3.63) is 53.1 Å². The van der Waals surface area contributed by atoms with Crippen LogP contribution in [0.2, 0.25) is 5.02 Å². The van der Waals surface area contributed by atoms with E-state index >= 15 is 0 Å². The number of amides is 2. The van der Waals surface area contributed by atoms with Gasteiger partial charge in [-0.15, -0.1) is 0 Å². The van der Waals surface area contributed by atoms with Gasteiger partial charge in [-0.25, -0.2) is 0 Å². The molecule has 1 N–H and O–H groups in total. The van der Waals surface area contributed by atoms with Gasteiger partial charge in [0.2, 0.25) is 5.91 Å². The molecule has 0 bridgehead atoms. The van der Waals surface area contributed by atoms with Crippen molar-refractivity contribution in [2.45, 2.75) is 33.1 Å². The minimum Gasteiger partial charge on any atom is -0.484 e. The summed E-state index contributed by atoms with van der Waals surface area (Å²) in [6.45, 7) is 8.68. The zero-order chi connectivity index (χ0) is 22.4. The van der Waals surface area contributed by atoms with Crippen LogP contribution in [0.25, 0.3) is 0 Å². The van der Waals surface area contributed by atoms with E-state index in [1.54, 1.807) is 13.0 Å². The molecule has 1 aliphatic rings. The van der Waals surface area contributed by atoms with Crippen molar-refractivity contribution in [3.63, 3.8) is 0 Å². The summed E-state index contributed by atoms with van der Waals surface area (Å²) in [7, 11) is 0. The molecule has 3 rings (SSSR count). The Labute approximate surface area is 189 Å². The Morgan fingerprint density at radius 2 is 1.77 bits per heavy atom. The lowest BCUT2D eigenvalue weighted by Gasteiger charge is -2.36. The number of piperazine rings is 1. The van der Waals surface area contributed by atoms with Gasteiger partial charge in [-0.1, -0.05) is 37.6 Å². The van der Waals surface area contributed by atoms with Gasteiger partial charge in [-0.05, 0) is 48.2 Å². The molecule has 1 heterocycles. The molecule has 7 heteroatoms. The molecule has 2 amide bonds. The second-order valence-electron chi connectivity index (χ2n) is 7.87. The monoisotopic (exact) mass is 443 g/mol. The third-order valence-corrected chi connectivity index (χ3v) is 6.03. The van der Waals surface area contributed by atoms with Crippen LogP contribution in [0.3, 0.4) is 0 Å². The van der Waals surface area contributed by atoms with Gasteiger partial charge in [-0.2, -0.15) is 0 Å². The van der Waals surface area contributed by atoms with Crippen LogP contribution in [0.4, 0.5) is 11.4 Å². The summed E-state index contributed by atoms with van der Waals surface area (Å²) in [4.78, 5) is 27.7. The molecule has 6 nitrogen and oxygen atoms in total. The van der Waals surface area contributed by atoms with E-state index in [1.165, 1.54) is 5.56 Å². The number of halogens is 1. The number of carbonyl (C=O) groups excluding carboxylic acids is 2. The number of benzene rings is 2. The molecule has 1 atom stereocenters. The Morgan fingerprint density at radius 3 is 2.35 bits per heavy atom. The predicted molar refractivity (Wildman–Crippen MR) is 125 cm³/mol. The number of hydrogen-bond acceptors (Lipinski definition) is 4. The minimum absolute atomic E-state index is 0.0744. The summed E-state index contributed by atoms with van der Waals surface area (Å²) < 4.78 is 5.60. The zero-order valence-corrected chi connectivity index (χ0v) is 19.1. The van der Waals surface area contributed by atoms with Crippen LogP contribution in [-0.2, 0) is 9.59 Å². The van der Waals surface area contributed by atoms with Crippen molar-refractivity contribution in [2.24, 2.45) is 0 Å². The smallest absolute Gasteiger partial charge is 0.262 e. The molecule has 31 heavy (non-hydrogen) atoms. The SMILES string of the molecule is CC[C@@H](C)c1ccc(OCC(=O)Nc2ccc(N3CCN(C(C)=O)CC3)c(Cl)c2)cc1. The molecule has 0 radical (unpaired) electrons. The lowest BCUT2D eigenvalue weighted by molar-refractivity contribution is -0.129. The van der Waals surface area contributed by atoms with Gasteiger partial charge in [0.15, 0.2) is 6.61 Å². The van der Waals surface area contributed by atoms with E-state index in [0.717, 1.165) is 25.2 Å². The molecule has 0 spiro atoms. The van der Waals surface area contributed by atoms with Crippen LogP contribution in [0, 0.1) is 0 Å². The molecule has 0 aliphatic carbocycles. The minimum atomic E-state index is -0.245. The van der Waals surface area contributed by atoms with Crippen molar-refractivity contribution < 1.29 is 14.3 Å². The van der Waals surface area contributed by atoms with Crippen molar-refractivity contribution in [2.75, 3.05) is 43.0 Å². The van der Waals surface area contributed by atoms with E-state index in [0.29, 0.717) is 35.5 Å². The average molecular weight is 444 g/mol. The standard InChI is InChI=1S/C24H30ClN3O3/c1-4-17(2)19-5-8-21(9-6-19)31-16-24(30)26-20-7-10-23(22(25)15-20)28-13-11-27(12-14-28)18(3)29/h5-10,15,17H,4,11-14,16H2,1-3H3,(H,26,30)/t17-/m1/s1. The third-order valence-electron chi connectivity index (χ3n) is 5.73. The van der Waals surface area contributed by atoms with E-state index < -0.39 is 0 Å². The van der Waals surface area contributed by atoms with E-state index in [1.807, 2.05) is 41.3 Å². The first-order valence-electron chi connectivity index (χ1n) is 10.7. The largest absolute Gasteiger partial charge is 0.484 e. The van der Waals surface area contributed by atoms with Gasteiger partial charge in [0, 0.05) is 38.8 Å². The molecule has 2 aromatic rings. The van der Waals surface area contributed by atoms with Gasteiger partial charge in [-0.3, -0.25) is 9.59 Å². The topological polar surface area (TPSA) is 61.9 Å². The third kappa shape index (κ3) is 6.14. The van der Waals surface area contributed by atoms with Gasteiger partial charge < -0.3 is 19.9 Å². The first-order chi connectivity index (χ1) is 14.9. The molecule has 1 saturated heterocycles. The highest BCUT2D eigenvalue weighted by Crippen LogP contribution is 2.30. The Balaban J connectivity index is 1.51. The summed E-state index contributed by atoms with van der Waals surface area (Å²) in [5.41, 5.74) is 2.79. The van der Waals surface area contributed by atoms with Crippen molar-refractivity contribution in [1.29, 1.82) is 0 Å². The summed E-state index contributed by atoms with van der Waals surface area (Å²) in [5.74, 6) is 1.02. The molecule has 0 aromatic heterocycles. The van der Waals surface area contributed by atoms with Crippen LogP contribution < -0.4 is 15.0 Å². The fourth-order valence-electron chi connectivity index (χ4n) is 3.58. The Kier molecular flexibility index (Phi) is 7.80. The fraction of sp³-hybridized carbons (Fsp3) is 0.417. The lowest BCUT2D eigenvalue weighted by Crippen LogP contribution is -2.48. The second-order valence-corrected chi connectivity index (χ2v) is 8.28. The molecule has 0 saturated carbocycles. The molecule has 1 fully saturated rings. The van der Waals surface area contributed by atoms with Gasteiger partial charge in [0.25, 0.3) is 5.91 Å². The molecule has 2 aromatic carbocycles. The molecule has 166 valence electrons. The molecular weight excluding hydrogens is 414 g/mol. The number of hydrogen-bond donors (Lipinski definition) is 1. The fourth-order valence-corrected chi connectivity index (χ4v) is 3.88. The van der Waals surface area contributed by atoms with Gasteiger partial charge >= 0.3 is 0 Å². The second kappa shape index (κ2) is 10.5. The van der Waals surface area contributed by atoms with Crippen molar-refractivity contribution >= 4 is 34.8 Å². The average Bonchev–Trinajstić information content (AvgIpc) is 2.77. The van der Waals surface area contributed by atoms with E-state index in [4.69, 9.17) is 16.3 Å². The van der Waals surface area contributed by atoms with Gasteiger partial charge in [0.05, 0.1) is 10.7 Å². The highest BCUT2D eigenvalue weighted by atomic mass is 35.5. The maximum atomic E-state index is 12.3. The number of carbonyl (C=O) groups is 2. The normalized spacial score (nSPS) is 14.8. The summed E-state index contributed by atoms with van der Waals surface area (Å²) in [6, 6.07) is 13.3. The highest BCUT2D eigenvalue weighted by molar-refractivity contribution is 6.33. The first-order valence-corrected chi connectivity index (χ1v) is 11.1. The maximum Gasteiger partial charge on any atom is 0.262 e. The predicted octanol–water partition coefficient (Wildman–Crippen LogP) is 4.54. The zero-order valence-electron chi connectivity index (χ0n) is 18.4. The van der Waals surface area contributed by atoms with E-state index in [9.17, 15) is 9.59 Å². The Morgan fingerprint density at radius 1 is 1.10 bits per heavy atom. The number of ether oxygens (including phenoxy) is 1. The van der Waals surface area contributed by atoms with E-state index in [-0.39, 0.29) is 18.4 Å². The number of rotatable bonds is 7. The number of anilines is 2. The van der Waals surface area contributed by atoms with Crippen LogP contribution in [0.1, 0.15) is 38.7 Å². The maximum absolute atomic E-state index is 12.3. The Hall–Kier alpha value is -2.73. The number of nitrogens with zero attached hydrogens (tertiary/aromatic N) is 2. The lowest BCUT2D eigenvalue weighted by atomic mass is 9.99. The van der Waals surface area contributed by atoms with Crippen LogP contribution >= 0.6 is 11.6 Å². The quantitative estimate of drug-likeness (QED) is 0.682.